The predicted molar refractivity (Wildman–Crippen MR) is 84.1 cm³/mol. The molecule has 0 N–H and O–H groups in total. The average molecular weight is 319 g/mol. The Morgan fingerprint density at radius 2 is 2.13 bits per heavy atom. The lowest BCUT2D eigenvalue weighted by molar-refractivity contribution is -0.161. The van der Waals surface area contributed by atoms with Crippen LogP contribution >= 0.6 is 0 Å². The van der Waals surface area contributed by atoms with Crippen LogP contribution in [0.4, 0.5) is 0 Å². The first kappa shape index (κ1) is 17.5. The molecule has 5 nitrogen and oxygen atoms in total. The van der Waals surface area contributed by atoms with Gasteiger partial charge in [-0.3, -0.25) is 4.79 Å². The maximum absolute atomic E-state index is 12.8. The van der Waals surface area contributed by atoms with Gasteiger partial charge in [0.05, 0.1) is 18.2 Å². The molecule has 1 aliphatic carbocycles. The monoisotopic (exact) mass is 319 g/mol. The van der Waals surface area contributed by atoms with Crippen molar-refractivity contribution in [2.75, 3.05) is 6.61 Å². The summed E-state index contributed by atoms with van der Waals surface area (Å²) in [6.07, 6.45) is 5.98. The van der Waals surface area contributed by atoms with Crippen molar-refractivity contribution in [1.29, 1.82) is 5.26 Å². The van der Waals surface area contributed by atoms with E-state index in [-0.39, 0.29) is 18.1 Å². The number of carbonyl (C=O) groups excluding carboxylic acids is 2. The normalized spacial score (nSPS) is 28.3. The minimum Gasteiger partial charge on any atom is -0.465 e. The third kappa shape index (κ3) is 3.26. The Hall–Kier alpha value is -1.83. The molecule has 2 atom stereocenters. The number of hydrogen-bond acceptors (Lipinski definition) is 5. The highest BCUT2D eigenvalue weighted by atomic mass is 16.6. The van der Waals surface area contributed by atoms with Gasteiger partial charge in [0.25, 0.3) is 0 Å². The van der Waals surface area contributed by atoms with Crippen molar-refractivity contribution in [2.45, 2.75) is 64.4 Å². The molecule has 0 aromatic heterocycles. The predicted octanol–water partition coefficient (Wildman–Crippen LogP) is 3.29. The number of cyclic esters (lactones) is 1. The number of hydrogen-bond donors (Lipinski definition) is 0. The third-order valence-electron chi connectivity index (χ3n) is 5.08. The summed E-state index contributed by atoms with van der Waals surface area (Å²) >= 11 is 0. The highest BCUT2D eigenvalue weighted by Crippen LogP contribution is 2.50. The number of ether oxygens (including phenoxy) is 2. The van der Waals surface area contributed by atoms with Gasteiger partial charge in [-0.05, 0) is 38.5 Å². The van der Waals surface area contributed by atoms with Gasteiger partial charge in [0, 0.05) is 6.42 Å². The standard InChI is InChI=1S/C18H25NO4/c1-3-22-17(21)18(11-7-8-12-19)13(2)16(20)23-15(18)14-9-5-4-6-10-14/h14-15H,2-11H2,1H3/t15-,18+/m1/s1. The fourth-order valence-corrected chi connectivity index (χ4v) is 3.92. The number of nitriles is 1. The van der Waals surface area contributed by atoms with Gasteiger partial charge >= 0.3 is 11.9 Å². The number of unbranched alkanes of at least 4 members (excludes halogenated alkanes) is 1. The van der Waals surface area contributed by atoms with Crippen LogP contribution in [0.2, 0.25) is 0 Å². The van der Waals surface area contributed by atoms with Crippen LogP contribution in [0.25, 0.3) is 0 Å². The lowest BCUT2D eigenvalue weighted by Gasteiger charge is -2.37. The molecule has 1 saturated carbocycles. The van der Waals surface area contributed by atoms with Crippen molar-refractivity contribution < 1.29 is 19.1 Å². The number of esters is 2. The van der Waals surface area contributed by atoms with Crippen LogP contribution in [-0.2, 0) is 19.1 Å². The summed E-state index contributed by atoms with van der Waals surface area (Å²) in [5.74, 6) is -0.756. The van der Waals surface area contributed by atoms with Crippen LogP contribution in [-0.4, -0.2) is 24.6 Å². The van der Waals surface area contributed by atoms with Gasteiger partial charge in [0.2, 0.25) is 0 Å². The minimum absolute atomic E-state index is 0.165. The molecule has 1 heterocycles. The van der Waals surface area contributed by atoms with Crippen LogP contribution < -0.4 is 0 Å². The smallest absolute Gasteiger partial charge is 0.335 e. The second-order valence-corrected chi connectivity index (χ2v) is 6.41. The highest BCUT2D eigenvalue weighted by Gasteiger charge is 2.60. The van der Waals surface area contributed by atoms with Crippen LogP contribution in [0.3, 0.4) is 0 Å². The van der Waals surface area contributed by atoms with Crippen molar-refractivity contribution in [3.63, 3.8) is 0 Å². The summed E-state index contributed by atoms with van der Waals surface area (Å²) in [5.41, 5.74) is -0.921. The molecule has 1 saturated heterocycles. The van der Waals surface area contributed by atoms with E-state index in [0.29, 0.717) is 19.3 Å². The van der Waals surface area contributed by atoms with Crippen molar-refractivity contribution in [2.24, 2.45) is 11.3 Å². The molecule has 0 aromatic rings. The molecule has 0 bridgehead atoms. The summed E-state index contributed by atoms with van der Waals surface area (Å²) in [6, 6.07) is 2.09. The van der Waals surface area contributed by atoms with E-state index in [9.17, 15) is 9.59 Å². The van der Waals surface area contributed by atoms with Crippen molar-refractivity contribution >= 4 is 11.9 Å². The lowest BCUT2D eigenvalue weighted by atomic mass is 9.67. The lowest BCUT2D eigenvalue weighted by Crippen LogP contribution is -2.45. The molecule has 0 amide bonds. The molecule has 1 aliphatic heterocycles. The van der Waals surface area contributed by atoms with E-state index in [1.807, 2.05) is 0 Å². The highest BCUT2D eigenvalue weighted by molar-refractivity contribution is 6.01. The van der Waals surface area contributed by atoms with Gasteiger partial charge in [-0.25, -0.2) is 4.79 Å². The Morgan fingerprint density at radius 1 is 1.43 bits per heavy atom. The quantitative estimate of drug-likeness (QED) is 0.426. The molecule has 23 heavy (non-hydrogen) atoms. The first-order valence-corrected chi connectivity index (χ1v) is 8.52. The van der Waals surface area contributed by atoms with Gasteiger partial charge in [0.1, 0.15) is 11.5 Å². The topological polar surface area (TPSA) is 76.4 Å². The summed E-state index contributed by atoms with van der Waals surface area (Å²) in [6.45, 7) is 5.85. The van der Waals surface area contributed by atoms with Crippen LogP contribution in [0, 0.1) is 22.7 Å². The summed E-state index contributed by atoms with van der Waals surface area (Å²) in [5, 5.41) is 8.81. The van der Waals surface area contributed by atoms with Crippen LogP contribution in [0.1, 0.15) is 58.3 Å². The minimum atomic E-state index is -1.12. The van der Waals surface area contributed by atoms with Gasteiger partial charge in [-0.15, -0.1) is 0 Å². The zero-order valence-corrected chi connectivity index (χ0v) is 13.8. The summed E-state index contributed by atoms with van der Waals surface area (Å²) in [4.78, 5) is 25.0. The molecule has 2 rings (SSSR count). The number of carbonyl (C=O) groups is 2. The number of rotatable bonds is 6. The SMILES string of the molecule is C=C1C(=O)O[C@H](C2CCCCC2)[C@@]1(CCCC#N)C(=O)OCC. The molecule has 2 fully saturated rings. The van der Waals surface area contributed by atoms with E-state index in [2.05, 4.69) is 12.6 Å². The van der Waals surface area contributed by atoms with Crippen molar-refractivity contribution in [3.05, 3.63) is 12.2 Å². The molecule has 2 aliphatic rings. The maximum Gasteiger partial charge on any atom is 0.335 e. The Bertz CT molecular complexity index is 516. The van der Waals surface area contributed by atoms with Gasteiger partial charge < -0.3 is 9.47 Å². The molecular weight excluding hydrogens is 294 g/mol. The zero-order valence-electron chi connectivity index (χ0n) is 13.8. The Balaban J connectivity index is 2.34. The van der Waals surface area contributed by atoms with E-state index in [0.717, 1.165) is 25.7 Å². The summed E-state index contributed by atoms with van der Waals surface area (Å²) < 4.78 is 10.9. The molecule has 5 heteroatoms. The van der Waals surface area contributed by atoms with E-state index >= 15 is 0 Å². The molecule has 126 valence electrons. The van der Waals surface area contributed by atoms with Gasteiger partial charge in [-0.1, -0.05) is 25.8 Å². The van der Waals surface area contributed by atoms with E-state index in [1.54, 1.807) is 6.92 Å². The summed E-state index contributed by atoms with van der Waals surface area (Å²) in [7, 11) is 0. The van der Waals surface area contributed by atoms with Crippen LogP contribution in [0.15, 0.2) is 12.2 Å². The second-order valence-electron chi connectivity index (χ2n) is 6.41. The number of nitrogens with zero attached hydrogens (tertiary/aromatic N) is 1. The van der Waals surface area contributed by atoms with Crippen molar-refractivity contribution in [1.82, 2.24) is 0 Å². The second kappa shape index (κ2) is 7.63. The third-order valence-corrected chi connectivity index (χ3v) is 5.08. The Labute approximate surface area is 137 Å². The maximum atomic E-state index is 12.8. The van der Waals surface area contributed by atoms with Gasteiger partial charge in [-0.2, -0.15) is 5.26 Å². The van der Waals surface area contributed by atoms with E-state index in [4.69, 9.17) is 14.7 Å². The van der Waals surface area contributed by atoms with Crippen LogP contribution in [0.5, 0.6) is 0 Å². The molecule has 0 radical (unpaired) electrons. The first-order chi connectivity index (χ1) is 11.1. The largest absolute Gasteiger partial charge is 0.465 e. The molecule has 0 unspecified atom stereocenters. The fourth-order valence-electron chi connectivity index (χ4n) is 3.92. The molecule has 0 spiro atoms. The first-order valence-electron chi connectivity index (χ1n) is 8.52. The Morgan fingerprint density at radius 3 is 2.74 bits per heavy atom. The van der Waals surface area contributed by atoms with Crippen molar-refractivity contribution in [3.8, 4) is 6.07 Å². The average Bonchev–Trinajstić information content (AvgIpc) is 2.82. The van der Waals surface area contributed by atoms with E-state index < -0.39 is 23.5 Å². The molecular formula is C18H25NO4. The zero-order chi connectivity index (χ0) is 16.9. The molecule has 0 aromatic carbocycles. The Kier molecular flexibility index (Phi) is 5.81. The fraction of sp³-hybridized carbons (Fsp3) is 0.722. The van der Waals surface area contributed by atoms with Gasteiger partial charge in [0.15, 0.2) is 0 Å². The van der Waals surface area contributed by atoms with E-state index in [1.165, 1.54) is 6.42 Å².